The third kappa shape index (κ3) is 4.37. The first-order chi connectivity index (χ1) is 16.7. The van der Waals surface area contributed by atoms with Crippen molar-refractivity contribution in [2.24, 2.45) is 5.92 Å². The van der Waals surface area contributed by atoms with Gasteiger partial charge in [-0.25, -0.2) is 18.0 Å². The molecule has 1 fully saturated rings. The molecule has 2 aromatic carbocycles. The molecule has 8 nitrogen and oxygen atoms in total. The highest BCUT2D eigenvalue weighted by molar-refractivity contribution is 7.91. The van der Waals surface area contributed by atoms with Crippen LogP contribution >= 0.6 is 0 Å². The number of sulfone groups is 1. The number of hydrogen-bond donors (Lipinski definition) is 1. The average molecular weight is 500 g/mol. The van der Waals surface area contributed by atoms with E-state index in [9.17, 15) is 23.1 Å². The largest absolute Gasteiger partial charge is 0.457 e. The highest BCUT2D eigenvalue weighted by Crippen LogP contribution is 2.32. The Hall–Kier alpha value is -2.75. The van der Waals surface area contributed by atoms with Crippen molar-refractivity contribution in [2.45, 2.75) is 50.9 Å². The van der Waals surface area contributed by atoms with Crippen LogP contribution in [0, 0.1) is 19.8 Å². The Kier molecular flexibility index (Phi) is 6.19. The van der Waals surface area contributed by atoms with Gasteiger partial charge in [-0.05, 0) is 80.6 Å². The van der Waals surface area contributed by atoms with Crippen molar-refractivity contribution in [1.29, 1.82) is 0 Å². The summed E-state index contributed by atoms with van der Waals surface area (Å²) < 4.78 is 36.5. The van der Waals surface area contributed by atoms with Crippen LogP contribution in [-0.4, -0.2) is 55.7 Å². The second-order valence-corrected chi connectivity index (χ2v) is 11.7. The molecule has 0 aliphatic carbocycles. The summed E-state index contributed by atoms with van der Waals surface area (Å²) in [5.41, 5.74) is 4.81. The molecule has 0 saturated carbocycles. The second kappa shape index (κ2) is 9.04. The monoisotopic (exact) mass is 499 g/mol. The zero-order valence-corrected chi connectivity index (χ0v) is 20.7. The summed E-state index contributed by atoms with van der Waals surface area (Å²) in [7, 11) is -3.50. The van der Waals surface area contributed by atoms with E-state index < -0.39 is 21.9 Å². The predicted molar refractivity (Wildman–Crippen MR) is 127 cm³/mol. The lowest BCUT2D eigenvalue weighted by molar-refractivity contribution is 0.0525. The van der Waals surface area contributed by atoms with Crippen molar-refractivity contribution in [3.05, 3.63) is 63.2 Å². The number of benzene rings is 2. The van der Waals surface area contributed by atoms with Gasteiger partial charge in [0.25, 0.3) is 0 Å². The number of carbonyl (C=O) groups excluding carboxylic acids is 2. The molecular weight excluding hydrogens is 470 g/mol. The van der Waals surface area contributed by atoms with E-state index >= 15 is 0 Å². The number of cyclic esters (lactones) is 2. The van der Waals surface area contributed by atoms with Gasteiger partial charge in [0.2, 0.25) is 0 Å². The number of rotatable bonds is 6. The Morgan fingerprint density at radius 3 is 2.14 bits per heavy atom. The second-order valence-electron chi connectivity index (χ2n) is 9.71. The maximum atomic E-state index is 13.2. The standard InChI is InChI=1S/C26H29NO7S/c1-15-18(3-4-19-21(15)12-33-25(19)29)23(28)11-27-9-7-17(8-10-27)14-35(31,32)24-6-5-20-22(16(24)2)13-34-26(20)30/h3-6,17,23,28H,7-14H2,1-2H3/t23-/m0/s1. The Balaban J connectivity index is 1.20. The molecule has 5 rings (SSSR count). The van der Waals surface area contributed by atoms with Gasteiger partial charge in [-0.1, -0.05) is 6.07 Å². The number of fused-ring (bicyclic) bond motifs is 2. The van der Waals surface area contributed by atoms with Crippen LogP contribution in [0.15, 0.2) is 29.2 Å². The number of β-amino-alcohol motifs (C(OH)–C–C–N with tert-alkyl or cyclic N) is 1. The van der Waals surface area contributed by atoms with E-state index in [4.69, 9.17) is 9.47 Å². The summed E-state index contributed by atoms with van der Waals surface area (Å²) in [6.45, 7) is 5.86. The number of likely N-dealkylation sites (tertiary alicyclic amines) is 1. The van der Waals surface area contributed by atoms with Crippen LogP contribution in [0.5, 0.6) is 0 Å². The fourth-order valence-electron chi connectivity index (χ4n) is 5.47. The van der Waals surface area contributed by atoms with E-state index in [-0.39, 0.29) is 35.7 Å². The van der Waals surface area contributed by atoms with Gasteiger partial charge in [-0.3, -0.25) is 0 Å². The number of ether oxygens (including phenoxy) is 2. The lowest BCUT2D eigenvalue weighted by Crippen LogP contribution is -2.38. The molecule has 1 atom stereocenters. The Morgan fingerprint density at radius 1 is 0.943 bits per heavy atom. The lowest BCUT2D eigenvalue weighted by Gasteiger charge is -2.33. The SMILES string of the molecule is Cc1c([C@@H](O)CN2CCC(CS(=O)(=O)c3ccc4c(c3C)COC4=O)CC2)ccc2c1COC2=O. The van der Waals surface area contributed by atoms with Crippen LogP contribution in [0.3, 0.4) is 0 Å². The molecule has 3 aliphatic heterocycles. The fraction of sp³-hybridized carbons (Fsp3) is 0.462. The number of carbonyl (C=O) groups is 2. The number of esters is 2. The van der Waals surface area contributed by atoms with Crippen LogP contribution in [-0.2, 0) is 32.5 Å². The molecule has 0 spiro atoms. The van der Waals surface area contributed by atoms with Crippen LogP contribution in [0.4, 0.5) is 0 Å². The first kappa shape index (κ1) is 24.0. The zero-order valence-electron chi connectivity index (χ0n) is 19.9. The van der Waals surface area contributed by atoms with Gasteiger partial charge in [0, 0.05) is 17.7 Å². The minimum absolute atomic E-state index is 0.0313. The quantitative estimate of drug-likeness (QED) is 0.604. The van der Waals surface area contributed by atoms with Gasteiger partial charge >= 0.3 is 11.9 Å². The summed E-state index contributed by atoms with van der Waals surface area (Å²) in [5, 5.41) is 10.9. The Morgan fingerprint density at radius 2 is 1.51 bits per heavy atom. The van der Waals surface area contributed by atoms with E-state index in [1.165, 1.54) is 6.07 Å². The summed E-state index contributed by atoms with van der Waals surface area (Å²) in [5.74, 6) is -0.629. The van der Waals surface area contributed by atoms with Crippen molar-refractivity contribution in [1.82, 2.24) is 4.90 Å². The van der Waals surface area contributed by atoms with E-state index in [0.29, 0.717) is 41.9 Å². The minimum atomic E-state index is -3.50. The summed E-state index contributed by atoms with van der Waals surface area (Å²) >= 11 is 0. The van der Waals surface area contributed by atoms with Gasteiger partial charge in [0.05, 0.1) is 27.9 Å². The highest BCUT2D eigenvalue weighted by Gasteiger charge is 2.31. The van der Waals surface area contributed by atoms with E-state index in [1.807, 2.05) is 6.92 Å². The zero-order chi connectivity index (χ0) is 24.9. The topological polar surface area (TPSA) is 110 Å². The van der Waals surface area contributed by atoms with Crippen molar-refractivity contribution < 1.29 is 32.6 Å². The summed E-state index contributed by atoms with van der Waals surface area (Å²) in [4.78, 5) is 26.0. The van der Waals surface area contributed by atoms with E-state index in [2.05, 4.69) is 4.90 Å². The molecule has 1 saturated heterocycles. The fourth-order valence-corrected chi connectivity index (χ4v) is 7.47. The molecule has 35 heavy (non-hydrogen) atoms. The molecule has 0 bridgehead atoms. The highest BCUT2D eigenvalue weighted by atomic mass is 32.2. The maximum absolute atomic E-state index is 13.2. The molecule has 186 valence electrons. The van der Waals surface area contributed by atoms with E-state index in [0.717, 1.165) is 29.5 Å². The van der Waals surface area contributed by atoms with Crippen LogP contribution < -0.4 is 0 Å². The van der Waals surface area contributed by atoms with Crippen molar-refractivity contribution >= 4 is 21.8 Å². The third-order valence-corrected chi connectivity index (χ3v) is 9.63. The molecule has 3 aliphatic rings. The van der Waals surface area contributed by atoms with Gasteiger partial charge in [0.1, 0.15) is 13.2 Å². The first-order valence-electron chi connectivity index (χ1n) is 11.9. The molecule has 3 heterocycles. The minimum Gasteiger partial charge on any atom is -0.457 e. The van der Waals surface area contributed by atoms with Gasteiger partial charge in [0.15, 0.2) is 9.84 Å². The van der Waals surface area contributed by atoms with Gasteiger partial charge in [-0.2, -0.15) is 0 Å². The maximum Gasteiger partial charge on any atom is 0.338 e. The Bertz CT molecular complexity index is 1310. The molecule has 1 N–H and O–H groups in total. The van der Waals surface area contributed by atoms with Gasteiger partial charge < -0.3 is 19.5 Å². The normalized spacial score (nSPS) is 19.3. The van der Waals surface area contributed by atoms with Gasteiger partial charge in [-0.15, -0.1) is 0 Å². The number of aliphatic hydroxyl groups excluding tert-OH is 1. The molecule has 0 radical (unpaired) electrons. The lowest BCUT2D eigenvalue weighted by atomic mass is 9.94. The number of piperidine rings is 1. The van der Waals surface area contributed by atoms with Crippen molar-refractivity contribution in [2.75, 3.05) is 25.4 Å². The third-order valence-electron chi connectivity index (χ3n) is 7.61. The molecule has 0 unspecified atom stereocenters. The summed E-state index contributed by atoms with van der Waals surface area (Å²) in [6.07, 6.45) is 0.752. The van der Waals surface area contributed by atoms with Crippen molar-refractivity contribution in [3.63, 3.8) is 0 Å². The predicted octanol–water partition coefficient (Wildman–Crippen LogP) is 2.86. The number of nitrogens with zero attached hydrogens (tertiary/aromatic N) is 1. The average Bonchev–Trinajstić information content (AvgIpc) is 3.39. The first-order valence-corrected chi connectivity index (χ1v) is 13.5. The van der Waals surface area contributed by atoms with Crippen molar-refractivity contribution in [3.8, 4) is 0 Å². The smallest absolute Gasteiger partial charge is 0.338 e. The van der Waals surface area contributed by atoms with Crippen LogP contribution in [0.25, 0.3) is 0 Å². The molecule has 0 aromatic heterocycles. The number of aliphatic hydroxyl groups is 1. The molecule has 2 aromatic rings. The van der Waals surface area contributed by atoms with Crippen LogP contribution in [0.2, 0.25) is 0 Å². The van der Waals surface area contributed by atoms with Crippen LogP contribution in [0.1, 0.15) is 67.5 Å². The molecule has 0 amide bonds. The Labute approximate surface area is 204 Å². The summed E-state index contributed by atoms with van der Waals surface area (Å²) in [6, 6.07) is 6.59. The number of hydrogen-bond acceptors (Lipinski definition) is 8. The van der Waals surface area contributed by atoms with E-state index in [1.54, 1.807) is 25.1 Å². The molecule has 9 heteroatoms. The molecular formula is C26H29NO7S.